The molecule has 2 nitrogen and oxygen atoms in total. The number of hydrogen-bond acceptors (Lipinski definition) is 2. The minimum absolute atomic E-state index is 0.171. The van der Waals surface area contributed by atoms with Crippen LogP contribution in [0.3, 0.4) is 0 Å². The second kappa shape index (κ2) is 7.87. The predicted molar refractivity (Wildman–Crippen MR) is 91.8 cm³/mol. The summed E-state index contributed by atoms with van der Waals surface area (Å²) >= 11 is 0. The molecular formula is C19H29F3N2. The summed E-state index contributed by atoms with van der Waals surface area (Å²) in [5.74, 6) is 0. The van der Waals surface area contributed by atoms with Crippen LogP contribution in [-0.2, 0) is 12.7 Å². The Morgan fingerprint density at radius 1 is 1.17 bits per heavy atom. The predicted octanol–water partition coefficient (Wildman–Crippen LogP) is 4.70. The third-order valence-electron chi connectivity index (χ3n) is 4.63. The molecule has 136 valence electrons. The van der Waals surface area contributed by atoms with Gasteiger partial charge in [0.2, 0.25) is 0 Å². The van der Waals surface area contributed by atoms with Crippen molar-refractivity contribution in [3.63, 3.8) is 0 Å². The fourth-order valence-electron chi connectivity index (χ4n) is 3.17. The smallest absolute Gasteiger partial charge is 0.315 e. The molecule has 5 heteroatoms. The molecule has 1 N–H and O–H groups in total. The van der Waals surface area contributed by atoms with Gasteiger partial charge in [-0.1, -0.05) is 39.0 Å². The van der Waals surface area contributed by atoms with Gasteiger partial charge in [0.05, 0.1) is 5.56 Å². The Bertz CT molecular complexity index is 514. The van der Waals surface area contributed by atoms with Crippen LogP contribution in [0, 0.1) is 5.41 Å². The van der Waals surface area contributed by atoms with Gasteiger partial charge in [-0.2, -0.15) is 13.2 Å². The zero-order valence-corrected chi connectivity index (χ0v) is 14.9. The topological polar surface area (TPSA) is 15.3 Å². The van der Waals surface area contributed by atoms with E-state index in [4.69, 9.17) is 0 Å². The highest BCUT2D eigenvalue weighted by molar-refractivity contribution is 5.29. The van der Waals surface area contributed by atoms with Gasteiger partial charge in [0.25, 0.3) is 0 Å². The number of halogens is 3. The van der Waals surface area contributed by atoms with Crippen molar-refractivity contribution in [3.05, 3.63) is 35.4 Å². The summed E-state index contributed by atoms with van der Waals surface area (Å²) in [5.41, 5.74) is 0.0446. The van der Waals surface area contributed by atoms with E-state index < -0.39 is 11.7 Å². The normalized spacial score (nSPS) is 19.7. The largest absolute Gasteiger partial charge is 0.416 e. The van der Waals surface area contributed by atoms with Crippen LogP contribution in [-0.4, -0.2) is 30.6 Å². The number of benzene rings is 1. The van der Waals surface area contributed by atoms with Crippen molar-refractivity contribution in [2.75, 3.05) is 19.6 Å². The van der Waals surface area contributed by atoms with Crippen LogP contribution >= 0.6 is 0 Å². The molecule has 0 amide bonds. The van der Waals surface area contributed by atoms with E-state index in [-0.39, 0.29) is 5.41 Å². The third-order valence-corrected chi connectivity index (χ3v) is 4.63. The summed E-state index contributed by atoms with van der Waals surface area (Å²) in [5, 5.41) is 3.38. The Labute approximate surface area is 143 Å². The Balaban J connectivity index is 2.18. The van der Waals surface area contributed by atoms with Gasteiger partial charge in [-0.05, 0) is 49.4 Å². The highest BCUT2D eigenvalue weighted by Crippen LogP contribution is 2.33. The Hall–Kier alpha value is -1.07. The van der Waals surface area contributed by atoms with Crippen molar-refractivity contribution in [1.82, 2.24) is 10.2 Å². The second-order valence-corrected chi connectivity index (χ2v) is 7.94. The van der Waals surface area contributed by atoms with Crippen molar-refractivity contribution in [3.8, 4) is 0 Å². The van der Waals surface area contributed by atoms with Gasteiger partial charge in [-0.15, -0.1) is 0 Å². The molecule has 0 saturated carbocycles. The lowest BCUT2D eigenvalue weighted by Crippen LogP contribution is -2.46. The minimum atomic E-state index is -4.29. The van der Waals surface area contributed by atoms with Crippen molar-refractivity contribution >= 4 is 0 Å². The van der Waals surface area contributed by atoms with Crippen molar-refractivity contribution < 1.29 is 13.2 Å². The molecule has 2 rings (SSSR count). The first-order valence-corrected chi connectivity index (χ1v) is 8.77. The molecular weight excluding hydrogens is 313 g/mol. The molecule has 1 aromatic rings. The molecule has 1 heterocycles. The standard InChI is InChI=1S/C19H29F3N2/c1-18(2,3)10-12-24(16-8-6-11-23-13-16)14-15-7-4-5-9-17(15)19(20,21)22/h4-5,7,9,16,23H,6,8,10-14H2,1-3H3. The second-order valence-electron chi connectivity index (χ2n) is 7.94. The lowest BCUT2D eigenvalue weighted by molar-refractivity contribution is -0.138. The maximum Gasteiger partial charge on any atom is 0.416 e. The highest BCUT2D eigenvalue weighted by Gasteiger charge is 2.34. The highest BCUT2D eigenvalue weighted by atomic mass is 19.4. The van der Waals surface area contributed by atoms with E-state index in [0.717, 1.165) is 38.9 Å². The third kappa shape index (κ3) is 5.78. The number of nitrogens with zero attached hydrogens (tertiary/aromatic N) is 1. The van der Waals surface area contributed by atoms with Gasteiger partial charge in [0, 0.05) is 19.1 Å². The van der Waals surface area contributed by atoms with Gasteiger partial charge >= 0.3 is 6.18 Å². The van der Waals surface area contributed by atoms with E-state index in [9.17, 15) is 13.2 Å². The molecule has 24 heavy (non-hydrogen) atoms. The molecule has 0 aromatic heterocycles. The fraction of sp³-hybridized carbons (Fsp3) is 0.684. The summed E-state index contributed by atoms with van der Waals surface area (Å²) < 4.78 is 39.9. The SMILES string of the molecule is CC(C)(C)CCN(Cc1ccccc1C(F)(F)F)C1CCCNC1. The van der Waals surface area contributed by atoms with Gasteiger partial charge in [-0.25, -0.2) is 0 Å². The first kappa shape index (κ1) is 19.3. The van der Waals surface area contributed by atoms with Crippen LogP contribution in [0.4, 0.5) is 13.2 Å². The van der Waals surface area contributed by atoms with Crippen molar-refractivity contribution in [1.29, 1.82) is 0 Å². The number of hydrogen-bond donors (Lipinski definition) is 1. The lowest BCUT2D eigenvalue weighted by atomic mass is 9.91. The van der Waals surface area contributed by atoms with E-state index in [1.807, 2.05) is 0 Å². The average Bonchev–Trinajstić information content (AvgIpc) is 2.51. The summed E-state index contributed by atoms with van der Waals surface area (Å²) in [6, 6.07) is 6.28. The molecule has 0 radical (unpaired) electrons. The molecule has 1 saturated heterocycles. The van der Waals surface area contributed by atoms with Gasteiger partial charge in [0.1, 0.15) is 0 Å². The molecule has 1 fully saturated rings. The minimum Gasteiger partial charge on any atom is -0.315 e. The quantitative estimate of drug-likeness (QED) is 0.835. The molecule has 1 aliphatic heterocycles. The summed E-state index contributed by atoms with van der Waals surface area (Å²) in [6.07, 6.45) is -1.20. The van der Waals surface area contributed by atoms with E-state index in [2.05, 4.69) is 31.0 Å². The summed E-state index contributed by atoms with van der Waals surface area (Å²) in [6.45, 7) is 9.57. The van der Waals surface area contributed by atoms with Gasteiger partial charge < -0.3 is 5.32 Å². The molecule has 0 aliphatic carbocycles. The maximum absolute atomic E-state index is 13.3. The van der Waals surface area contributed by atoms with E-state index in [1.54, 1.807) is 12.1 Å². The number of rotatable bonds is 5. The van der Waals surface area contributed by atoms with Crippen LogP contribution in [0.2, 0.25) is 0 Å². The summed E-state index contributed by atoms with van der Waals surface area (Å²) in [7, 11) is 0. The Morgan fingerprint density at radius 2 is 1.88 bits per heavy atom. The first-order chi connectivity index (χ1) is 11.2. The maximum atomic E-state index is 13.3. The molecule has 0 bridgehead atoms. The number of piperidine rings is 1. The Morgan fingerprint density at radius 3 is 2.46 bits per heavy atom. The zero-order chi connectivity index (χ0) is 17.8. The molecule has 1 aliphatic rings. The van der Waals surface area contributed by atoms with Crippen LogP contribution < -0.4 is 5.32 Å². The number of alkyl halides is 3. The number of nitrogens with one attached hydrogen (secondary N) is 1. The van der Waals surface area contributed by atoms with Crippen LogP contribution in [0.5, 0.6) is 0 Å². The van der Waals surface area contributed by atoms with Crippen LogP contribution in [0.1, 0.15) is 51.2 Å². The van der Waals surface area contributed by atoms with E-state index in [0.29, 0.717) is 18.2 Å². The Kier molecular flexibility index (Phi) is 6.32. The lowest BCUT2D eigenvalue weighted by Gasteiger charge is -2.36. The van der Waals surface area contributed by atoms with Crippen LogP contribution in [0.15, 0.2) is 24.3 Å². The van der Waals surface area contributed by atoms with E-state index >= 15 is 0 Å². The van der Waals surface area contributed by atoms with Crippen LogP contribution in [0.25, 0.3) is 0 Å². The monoisotopic (exact) mass is 342 g/mol. The molecule has 1 aromatic carbocycles. The van der Waals surface area contributed by atoms with Gasteiger partial charge in [-0.3, -0.25) is 4.90 Å². The summed E-state index contributed by atoms with van der Waals surface area (Å²) in [4.78, 5) is 2.24. The molecule has 1 unspecified atom stereocenters. The van der Waals surface area contributed by atoms with Gasteiger partial charge in [0.15, 0.2) is 0 Å². The van der Waals surface area contributed by atoms with Crippen molar-refractivity contribution in [2.45, 2.75) is 58.8 Å². The fourth-order valence-corrected chi connectivity index (χ4v) is 3.17. The van der Waals surface area contributed by atoms with Crippen molar-refractivity contribution in [2.24, 2.45) is 5.41 Å². The average molecular weight is 342 g/mol. The van der Waals surface area contributed by atoms with E-state index in [1.165, 1.54) is 12.1 Å². The zero-order valence-electron chi connectivity index (χ0n) is 14.9. The molecule has 0 spiro atoms. The molecule has 1 atom stereocenters. The first-order valence-electron chi connectivity index (χ1n) is 8.77.